The van der Waals surface area contributed by atoms with Gasteiger partial charge in [-0.15, -0.1) is 8.78 Å². The largest absolute Gasteiger partial charge is 0.586 e. The zero-order valence-electron chi connectivity index (χ0n) is 9.74. The van der Waals surface area contributed by atoms with Crippen molar-refractivity contribution in [3.8, 4) is 11.5 Å². The van der Waals surface area contributed by atoms with Crippen LogP contribution in [0.5, 0.6) is 11.5 Å². The number of halogens is 3. The molecule has 1 atom stereocenters. The monoisotopic (exact) mass is 333 g/mol. The maximum Gasteiger partial charge on any atom is 0.586 e. The molecule has 1 aromatic carbocycles. The number of carbonyl (C=O) groups is 1. The number of alkyl halides is 3. The van der Waals surface area contributed by atoms with Crippen molar-refractivity contribution in [1.29, 1.82) is 0 Å². The average Bonchev–Trinajstić information content (AvgIpc) is 2.65. The van der Waals surface area contributed by atoms with Crippen molar-refractivity contribution in [1.82, 2.24) is 0 Å². The summed E-state index contributed by atoms with van der Waals surface area (Å²) in [5.74, 6) is -0.141. The predicted molar refractivity (Wildman–Crippen MR) is 66.9 cm³/mol. The summed E-state index contributed by atoms with van der Waals surface area (Å²) in [4.78, 5) is 13.3. The Morgan fingerprint density at radius 1 is 1.32 bits per heavy atom. The second-order valence-electron chi connectivity index (χ2n) is 4.40. The van der Waals surface area contributed by atoms with Gasteiger partial charge in [-0.3, -0.25) is 4.79 Å². The Morgan fingerprint density at radius 3 is 2.84 bits per heavy atom. The topological polar surface area (TPSA) is 38.8 Å². The number of fused-ring (bicyclic) bond motifs is 1. The van der Waals surface area contributed by atoms with Crippen molar-refractivity contribution in [2.24, 2.45) is 0 Å². The summed E-state index contributed by atoms with van der Waals surface area (Å²) in [5, 5.41) is 0. The van der Waals surface area contributed by atoms with Gasteiger partial charge in [0, 0.05) is 18.3 Å². The fraction of sp³-hybridized carbons (Fsp3) is 0.417. The molecular formula is C12H10BrF2NO3. The van der Waals surface area contributed by atoms with Crippen molar-refractivity contribution in [2.75, 3.05) is 11.4 Å². The number of carbonyl (C=O) groups excluding carboxylic acids is 1. The normalized spacial score (nSPS) is 24.7. The van der Waals surface area contributed by atoms with Crippen molar-refractivity contribution < 1.29 is 23.0 Å². The van der Waals surface area contributed by atoms with Crippen LogP contribution in [0, 0.1) is 0 Å². The smallest absolute Gasteiger partial charge is 0.395 e. The summed E-state index contributed by atoms with van der Waals surface area (Å²) in [6.45, 7) is 0.566. The number of hydrogen-bond acceptors (Lipinski definition) is 3. The lowest BCUT2D eigenvalue weighted by Crippen LogP contribution is -2.41. The highest BCUT2D eigenvalue weighted by Gasteiger charge is 2.43. The number of benzene rings is 1. The summed E-state index contributed by atoms with van der Waals surface area (Å²) >= 11 is 3.30. The van der Waals surface area contributed by atoms with Gasteiger partial charge in [0.15, 0.2) is 11.5 Å². The van der Waals surface area contributed by atoms with Gasteiger partial charge in [-0.25, -0.2) is 0 Å². The van der Waals surface area contributed by atoms with Gasteiger partial charge in [-0.05, 0) is 25.0 Å². The number of anilines is 1. The molecular weight excluding hydrogens is 324 g/mol. The van der Waals surface area contributed by atoms with Gasteiger partial charge < -0.3 is 14.4 Å². The van der Waals surface area contributed by atoms with Crippen molar-refractivity contribution in [3.05, 3.63) is 18.2 Å². The summed E-state index contributed by atoms with van der Waals surface area (Å²) < 4.78 is 34.5. The van der Waals surface area contributed by atoms with Crippen LogP contribution in [0.3, 0.4) is 0 Å². The van der Waals surface area contributed by atoms with Gasteiger partial charge in [-0.2, -0.15) is 0 Å². The lowest BCUT2D eigenvalue weighted by Gasteiger charge is -2.29. The first kappa shape index (κ1) is 12.7. The molecule has 3 rings (SSSR count). The van der Waals surface area contributed by atoms with E-state index in [0.29, 0.717) is 12.2 Å². The summed E-state index contributed by atoms with van der Waals surface area (Å²) in [6, 6.07) is 4.36. The minimum atomic E-state index is -3.63. The zero-order chi connectivity index (χ0) is 13.6. The molecule has 0 spiro atoms. The van der Waals surface area contributed by atoms with Gasteiger partial charge in [0.1, 0.15) is 0 Å². The van der Waals surface area contributed by atoms with Crippen molar-refractivity contribution in [3.63, 3.8) is 0 Å². The van der Waals surface area contributed by atoms with Crippen LogP contribution in [0.1, 0.15) is 12.8 Å². The van der Waals surface area contributed by atoms with E-state index >= 15 is 0 Å². The van der Waals surface area contributed by atoms with Crippen LogP contribution in [0.4, 0.5) is 14.5 Å². The Morgan fingerprint density at radius 2 is 2.05 bits per heavy atom. The van der Waals surface area contributed by atoms with Crippen LogP contribution in [0.25, 0.3) is 0 Å². The minimum absolute atomic E-state index is 0.0198. The Kier molecular flexibility index (Phi) is 2.88. The third-order valence-corrected chi connectivity index (χ3v) is 3.92. The van der Waals surface area contributed by atoms with Crippen molar-refractivity contribution >= 4 is 27.5 Å². The Balaban J connectivity index is 1.90. The van der Waals surface area contributed by atoms with Gasteiger partial charge >= 0.3 is 6.29 Å². The first-order chi connectivity index (χ1) is 8.96. The van der Waals surface area contributed by atoms with E-state index in [4.69, 9.17) is 0 Å². The molecule has 0 aromatic heterocycles. The van der Waals surface area contributed by atoms with E-state index in [-0.39, 0.29) is 22.2 Å². The molecule has 4 nitrogen and oxygen atoms in total. The van der Waals surface area contributed by atoms with Gasteiger partial charge in [0.05, 0.1) is 4.83 Å². The van der Waals surface area contributed by atoms with E-state index in [2.05, 4.69) is 25.4 Å². The second-order valence-corrected chi connectivity index (χ2v) is 5.50. The zero-order valence-corrected chi connectivity index (χ0v) is 11.3. The third kappa shape index (κ3) is 2.27. The number of nitrogens with zero attached hydrogens (tertiary/aromatic N) is 1. The van der Waals surface area contributed by atoms with Crippen LogP contribution in [0.15, 0.2) is 18.2 Å². The Hall–Kier alpha value is -1.37. The molecule has 2 aliphatic heterocycles. The molecule has 2 heterocycles. The van der Waals surface area contributed by atoms with Crippen LogP contribution < -0.4 is 14.4 Å². The molecule has 19 heavy (non-hydrogen) atoms. The SMILES string of the molecule is O=C1C(Br)CCCN1c1ccc2c(c1)OC(F)(F)O2. The van der Waals surface area contributed by atoms with Crippen LogP contribution in [-0.2, 0) is 4.79 Å². The van der Waals surface area contributed by atoms with Crippen LogP contribution >= 0.6 is 15.9 Å². The fourth-order valence-corrected chi connectivity index (χ4v) is 2.76. The molecule has 0 radical (unpaired) electrons. The molecule has 0 saturated carbocycles. The first-order valence-corrected chi connectivity index (χ1v) is 6.73. The minimum Gasteiger partial charge on any atom is -0.395 e. The van der Waals surface area contributed by atoms with Crippen LogP contribution in [-0.4, -0.2) is 23.6 Å². The Bertz CT molecular complexity index is 538. The predicted octanol–water partition coefficient (Wildman–Crippen LogP) is 2.90. The van der Waals surface area contributed by atoms with E-state index in [1.807, 2.05) is 0 Å². The first-order valence-electron chi connectivity index (χ1n) is 5.82. The fourth-order valence-electron chi connectivity index (χ4n) is 2.19. The van der Waals surface area contributed by atoms with Gasteiger partial charge in [-0.1, -0.05) is 15.9 Å². The number of piperidine rings is 1. The molecule has 1 unspecified atom stereocenters. The average molecular weight is 334 g/mol. The highest BCUT2D eigenvalue weighted by atomic mass is 79.9. The van der Waals surface area contributed by atoms with Gasteiger partial charge in [0.25, 0.3) is 0 Å². The van der Waals surface area contributed by atoms with E-state index < -0.39 is 6.29 Å². The third-order valence-electron chi connectivity index (χ3n) is 3.07. The highest BCUT2D eigenvalue weighted by Crippen LogP contribution is 2.43. The summed E-state index contributed by atoms with van der Waals surface area (Å²) in [6.07, 6.45) is -2.00. The standard InChI is InChI=1S/C12H10BrF2NO3/c13-8-2-1-5-16(11(8)17)7-3-4-9-10(6-7)19-12(14,15)18-9/h3-4,6,8H,1-2,5H2. The molecule has 1 aromatic rings. The lowest BCUT2D eigenvalue weighted by atomic mass is 10.1. The molecule has 0 bridgehead atoms. The second kappa shape index (κ2) is 4.33. The van der Waals surface area contributed by atoms with Crippen LogP contribution in [0.2, 0.25) is 0 Å². The molecule has 2 aliphatic rings. The number of ether oxygens (including phenoxy) is 2. The summed E-state index contributed by atoms with van der Waals surface area (Å²) in [5.41, 5.74) is 0.536. The highest BCUT2D eigenvalue weighted by molar-refractivity contribution is 9.10. The molecule has 1 saturated heterocycles. The number of amides is 1. The maximum absolute atomic E-state index is 12.9. The summed E-state index contributed by atoms with van der Waals surface area (Å²) in [7, 11) is 0. The van der Waals surface area contributed by atoms with Crippen molar-refractivity contribution in [2.45, 2.75) is 24.0 Å². The Labute approximate surface area is 116 Å². The molecule has 102 valence electrons. The van der Waals surface area contributed by atoms with E-state index in [0.717, 1.165) is 12.8 Å². The molecule has 0 N–H and O–H groups in total. The lowest BCUT2D eigenvalue weighted by molar-refractivity contribution is -0.286. The maximum atomic E-state index is 12.9. The quantitative estimate of drug-likeness (QED) is 0.742. The molecule has 7 heteroatoms. The van der Waals surface area contributed by atoms with E-state index in [1.165, 1.54) is 12.1 Å². The van der Waals surface area contributed by atoms with E-state index in [9.17, 15) is 13.6 Å². The molecule has 0 aliphatic carbocycles. The molecule has 1 fully saturated rings. The number of rotatable bonds is 1. The van der Waals surface area contributed by atoms with E-state index in [1.54, 1.807) is 11.0 Å². The number of hydrogen-bond donors (Lipinski definition) is 0. The molecule has 1 amide bonds. The van der Waals surface area contributed by atoms with Gasteiger partial charge in [0.2, 0.25) is 5.91 Å².